The summed E-state index contributed by atoms with van der Waals surface area (Å²) in [5.74, 6) is 5.11. The maximum atomic E-state index is 5.22. The summed E-state index contributed by atoms with van der Waals surface area (Å²) in [4.78, 5) is 2.18. The second-order valence-corrected chi connectivity index (χ2v) is 4.28. The smallest absolute Gasteiger partial charge is 0.0596 e. The maximum absolute atomic E-state index is 5.22. The number of hydrogen-bond acceptors (Lipinski definition) is 3. The third-order valence-corrected chi connectivity index (χ3v) is 3.02. The summed E-state index contributed by atoms with van der Waals surface area (Å²) in [7, 11) is 2.07. The molecule has 0 aromatic heterocycles. The lowest BCUT2D eigenvalue weighted by molar-refractivity contribution is 0.330. The Hall–Kier alpha value is -0.170. The Morgan fingerprint density at radius 2 is 2.58 bits per heavy atom. The van der Waals surface area contributed by atoms with Gasteiger partial charge in [-0.25, -0.2) is 0 Å². The first-order chi connectivity index (χ1) is 5.83. The van der Waals surface area contributed by atoms with Crippen LogP contribution in [-0.4, -0.2) is 49.1 Å². The van der Waals surface area contributed by atoms with Crippen molar-refractivity contribution in [2.45, 2.75) is 6.04 Å². The molecule has 0 aromatic carbocycles. The Balaban J connectivity index is 2.16. The molecule has 2 nitrogen and oxygen atoms in total. The first-order valence-corrected chi connectivity index (χ1v) is 5.41. The van der Waals surface area contributed by atoms with Gasteiger partial charge in [0.15, 0.2) is 0 Å². The van der Waals surface area contributed by atoms with Gasteiger partial charge in [-0.1, -0.05) is 5.92 Å². The average molecular weight is 184 g/mol. The van der Waals surface area contributed by atoms with Crippen molar-refractivity contribution in [1.82, 2.24) is 10.2 Å². The molecule has 1 aliphatic heterocycles. The highest BCUT2D eigenvalue weighted by Crippen LogP contribution is 2.07. The molecule has 0 bridgehead atoms. The number of nitrogens with one attached hydrogen (secondary N) is 1. The number of hydrogen-bond donors (Lipinski definition) is 1. The van der Waals surface area contributed by atoms with Crippen LogP contribution in [0.3, 0.4) is 0 Å². The van der Waals surface area contributed by atoms with Gasteiger partial charge in [-0.2, -0.15) is 11.8 Å². The van der Waals surface area contributed by atoms with Gasteiger partial charge in [-0.3, -0.25) is 4.90 Å². The highest BCUT2D eigenvalue weighted by Gasteiger charge is 2.13. The quantitative estimate of drug-likeness (QED) is 0.633. The summed E-state index contributed by atoms with van der Waals surface area (Å²) in [6.45, 7) is 2.96. The molecule has 1 aliphatic rings. The lowest BCUT2D eigenvalue weighted by atomic mass is 10.3. The number of thioether (sulfide) groups is 1. The summed E-state index contributed by atoms with van der Waals surface area (Å²) < 4.78 is 0. The van der Waals surface area contributed by atoms with Crippen LogP contribution in [0.1, 0.15) is 0 Å². The highest BCUT2D eigenvalue weighted by molar-refractivity contribution is 7.99. The van der Waals surface area contributed by atoms with E-state index < -0.39 is 0 Å². The van der Waals surface area contributed by atoms with Gasteiger partial charge in [0.2, 0.25) is 0 Å². The molecule has 0 aromatic rings. The van der Waals surface area contributed by atoms with Gasteiger partial charge in [-0.05, 0) is 7.05 Å². The van der Waals surface area contributed by atoms with Crippen LogP contribution in [0.5, 0.6) is 0 Å². The van der Waals surface area contributed by atoms with E-state index in [-0.39, 0.29) is 0 Å². The monoisotopic (exact) mass is 184 g/mol. The zero-order valence-electron chi connectivity index (χ0n) is 7.55. The molecular weight excluding hydrogens is 168 g/mol. The Morgan fingerprint density at radius 1 is 1.75 bits per heavy atom. The minimum atomic E-state index is 0.627. The van der Waals surface area contributed by atoms with Crippen LogP contribution in [0.4, 0.5) is 0 Å². The van der Waals surface area contributed by atoms with Crippen LogP contribution in [0.2, 0.25) is 0 Å². The van der Waals surface area contributed by atoms with Gasteiger partial charge < -0.3 is 5.32 Å². The van der Waals surface area contributed by atoms with Crippen molar-refractivity contribution in [3.63, 3.8) is 0 Å². The molecule has 1 N–H and O–H groups in total. The van der Waals surface area contributed by atoms with Crippen molar-refractivity contribution in [1.29, 1.82) is 0 Å². The molecule has 68 valence electrons. The van der Waals surface area contributed by atoms with E-state index in [0.29, 0.717) is 6.04 Å². The fraction of sp³-hybridized carbons (Fsp3) is 0.778. The number of likely N-dealkylation sites (N-methyl/N-ethyl adjacent to an activating group) is 1. The fourth-order valence-electron chi connectivity index (χ4n) is 1.33. The molecule has 0 aliphatic carbocycles. The van der Waals surface area contributed by atoms with E-state index in [1.165, 1.54) is 11.5 Å². The fourth-order valence-corrected chi connectivity index (χ4v) is 2.27. The zero-order chi connectivity index (χ0) is 8.81. The Bertz CT molecular complexity index is 158. The molecule has 1 unspecified atom stereocenters. The summed E-state index contributed by atoms with van der Waals surface area (Å²) in [5.41, 5.74) is 0. The molecule has 12 heavy (non-hydrogen) atoms. The summed E-state index contributed by atoms with van der Waals surface area (Å²) in [6, 6.07) is 0.627. The Labute approximate surface area is 79.1 Å². The molecule has 0 amide bonds. The standard InChI is InChI=1S/C9H16N2S/c1-3-5-11(2)7-9-8-12-6-4-10-9/h1,9-10H,4-8H2,2H3. The van der Waals surface area contributed by atoms with Gasteiger partial charge in [-0.15, -0.1) is 6.42 Å². The van der Waals surface area contributed by atoms with Crippen LogP contribution in [-0.2, 0) is 0 Å². The van der Waals surface area contributed by atoms with E-state index in [4.69, 9.17) is 6.42 Å². The SMILES string of the molecule is C#CCN(C)CC1CSCCN1. The van der Waals surface area contributed by atoms with E-state index in [9.17, 15) is 0 Å². The van der Waals surface area contributed by atoms with Crippen molar-refractivity contribution >= 4 is 11.8 Å². The molecule has 1 rings (SSSR count). The largest absolute Gasteiger partial charge is 0.311 e. The molecule has 1 atom stereocenters. The molecular formula is C9H16N2S. The van der Waals surface area contributed by atoms with Crippen molar-refractivity contribution < 1.29 is 0 Å². The van der Waals surface area contributed by atoms with Gasteiger partial charge >= 0.3 is 0 Å². The third kappa shape index (κ3) is 3.48. The molecule has 0 spiro atoms. The van der Waals surface area contributed by atoms with Gasteiger partial charge in [0, 0.05) is 30.6 Å². The normalized spacial score (nSPS) is 23.9. The predicted octanol–water partition coefficient (Wildman–Crippen LogP) is 0.256. The molecule has 1 fully saturated rings. The number of nitrogens with zero attached hydrogens (tertiary/aromatic N) is 1. The predicted molar refractivity (Wildman–Crippen MR) is 55.4 cm³/mol. The topological polar surface area (TPSA) is 15.3 Å². The van der Waals surface area contributed by atoms with Crippen molar-refractivity contribution in [3.8, 4) is 12.3 Å². The van der Waals surface area contributed by atoms with Crippen molar-refractivity contribution in [3.05, 3.63) is 0 Å². The van der Waals surface area contributed by atoms with Gasteiger partial charge in [0.05, 0.1) is 6.54 Å². The van der Waals surface area contributed by atoms with Crippen LogP contribution >= 0.6 is 11.8 Å². The highest BCUT2D eigenvalue weighted by atomic mass is 32.2. The van der Waals surface area contributed by atoms with Crippen LogP contribution in [0.25, 0.3) is 0 Å². The van der Waals surface area contributed by atoms with Crippen LogP contribution < -0.4 is 5.32 Å². The second-order valence-electron chi connectivity index (χ2n) is 3.13. The molecule has 3 heteroatoms. The Morgan fingerprint density at radius 3 is 3.17 bits per heavy atom. The van der Waals surface area contributed by atoms with E-state index in [1.54, 1.807) is 0 Å². The lowest BCUT2D eigenvalue weighted by Crippen LogP contribution is -2.44. The van der Waals surface area contributed by atoms with Gasteiger partial charge in [0.25, 0.3) is 0 Å². The average Bonchev–Trinajstić information content (AvgIpc) is 2.06. The van der Waals surface area contributed by atoms with E-state index in [0.717, 1.165) is 19.6 Å². The first-order valence-electron chi connectivity index (χ1n) is 4.26. The van der Waals surface area contributed by atoms with E-state index in [2.05, 4.69) is 23.2 Å². The maximum Gasteiger partial charge on any atom is 0.0596 e. The van der Waals surface area contributed by atoms with Crippen molar-refractivity contribution in [2.24, 2.45) is 0 Å². The first kappa shape index (κ1) is 9.91. The summed E-state index contributed by atoms with van der Waals surface area (Å²) in [6.07, 6.45) is 5.22. The molecule has 1 saturated heterocycles. The van der Waals surface area contributed by atoms with E-state index >= 15 is 0 Å². The molecule has 0 radical (unpaired) electrons. The van der Waals surface area contributed by atoms with E-state index in [1.807, 2.05) is 11.8 Å². The Kier molecular flexibility index (Phi) is 4.52. The minimum absolute atomic E-state index is 0.627. The number of terminal acetylenes is 1. The summed E-state index contributed by atoms with van der Waals surface area (Å²) >= 11 is 2.02. The second kappa shape index (κ2) is 5.47. The zero-order valence-corrected chi connectivity index (χ0v) is 8.36. The van der Waals surface area contributed by atoms with Crippen LogP contribution in [0.15, 0.2) is 0 Å². The lowest BCUT2D eigenvalue weighted by Gasteiger charge is -2.26. The molecule has 1 heterocycles. The van der Waals surface area contributed by atoms with Gasteiger partial charge in [0.1, 0.15) is 0 Å². The number of rotatable bonds is 3. The molecule has 0 saturated carbocycles. The third-order valence-electron chi connectivity index (χ3n) is 1.89. The minimum Gasteiger partial charge on any atom is -0.311 e. The van der Waals surface area contributed by atoms with Crippen LogP contribution in [0, 0.1) is 12.3 Å². The summed E-state index contributed by atoms with van der Waals surface area (Å²) in [5, 5.41) is 3.48. The van der Waals surface area contributed by atoms with Crippen molar-refractivity contribution in [2.75, 3.05) is 38.2 Å².